The highest BCUT2D eigenvalue weighted by Gasteiger charge is 2.21. The third-order valence-electron chi connectivity index (χ3n) is 2.59. The molecule has 3 aromatic rings. The summed E-state index contributed by atoms with van der Waals surface area (Å²) in [5.41, 5.74) is 0.639. The van der Waals surface area contributed by atoms with Crippen LogP contribution in [0, 0.1) is 0 Å². The van der Waals surface area contributed by atoms with Crippen LogP contribution in [-0.4, -0.2) is 17.8 Å². The predicted octanol–water partition coefficient (Wildman–Crippen LogP) is 4.37. The minimum atomic E-state index is -3.77. The first-order valence-corrected chi connectivity index (χ1v) is 9.71. The minimum Gasteiger partial charge on any atom is -0.253 e. The molecule has 22 heavy (non-hydrogen) atoms. The quantitative estimate of drug-likeness (QED) is 0.716. The monoisotopic (exact) mass is 391 g/mol. The van der Waals surface area contributed by atoms with Crippen LogP contribution in [-0.2, 0) is 10.0 Å². The molecule has 0 bridgehead atoms. The van der Waals surface area contributed by atoms with Gasteiger partial charge in [0.05, 0.1) is 10.0 Å². The van der Waals surface area contributed by atoms with Crippen molar-refractivity contribution in [2.24, 2.45) is 0 Å². The first-order valence-electron chi connectivity index (χ1n) is 5.82. The number of benzene rings is 1. The van der Waals surface area contributed by atoms with Gasteiger partial charge in [-0.2, -0.15) is 9.36 Å². The van der Waals surface area contributed by atoms with Crippen LogP contribution in [0.15, 0.2) is 39.9 Å². The maximum Gasteiger partial charge on any atom is 0.274 e. The predicted molar refractivity (Wildman–Crippen MR) is 90.5 cm³/mol. The fraction of sp³-hybridized carbons (Fsp3) is 0. The lowest BCUT2D eigenvalue weighted by Gasteiger charge is -2.02. The van der Waals surface area contributed by atoms with E-state index in [9.17, 15) is 8.42 Å². The Morgan fingerprint density at radius 1 is 1.09 bits per heavy atom. The molecule has 114 valence electrons. The molecule has 3 rings (SSSR count). The molecule has 0 amide bonds. The van der Waals surface area contributed by atoms with Crippen molar-refractivity contribution in [2.75, 3.05) is 4.72 Å². The van der Waals surface area contributed by atoms with Crippen LogP contribution >= 0.6 is 46.1 Å². The van der Waals surface area contributed by atoms with E-state index in [1.807, 2.05) is 0 Å². The molecule has 0 aliphatic carbocycles. The van der Waals surface area contributed by atoms with Crippen LogP contribution in [0.2, 0.25) is 10.0 Å². The summed E-state index contributed by atoms with van der Waals surface area (Å²) in [6.07, 6.45) is 0. The van der Waals surface area contributed by atoms with Gasteiger partial charge >= 0.3 is 0 Å². The number of halogens is 2. The van der Waals surface area contributed by atoms with E-state index in [4.69, 9.17) is 23.2 Å². The molecule has 0 aliphatic rings. The first-order chi connectivity index (χ1) is 10.5. The fourth-order valence-electron chi connectivity index (χ4n) is 1.65. The van der Waals surface area contributed by atoms with E-state index >= 15 is 0 Å². The van der Waals surface area contributed by atoms with Crippen LogP contribution in [0.5, 0.6) is 0 Å². The topological polar surface area (TPSA) is 72.0 Å². The van der Waals surface area contributed by atoms with Gasteiger partial charge in [-0.25, -0.2) is 8.42 Å². The lowest BCUT2D eigenvalue weighted by atomic mass is 10.2. The number of rotatable bonds is 4. The van der Waals surface area contributed by atoms with Gasteiger partial charge in [-0.05, 0) is 23.6 Å². The van der Waals surface area contributed by atoms with Crippen molar-refractivity contribution in [3.8, 4) is 11.4 Å². The van der Waals surface area contributed by atoms with Gasteiger partial charge in [0.25, 0.3) is 10.0 Å². The minimum absolute atomic E-state index is 0.0451. The summed E-state index contributed by atoms with van der Waals surface area (Å²) < 4.78 is 31.0. The molecule has 0 unspecified atom stereocenters. The van der Waals surface area contributed by atoms with Crippen molar-refractivity contribution in [2.45, 2.75) is 4.21 Å². The molecule has 0 saturated carbocycles. The third-order valence-corrected chi connectivity index (χ3v) is 7.04. The highest BCUT2D eigenvalue weighted by Crippen LogP contribution is 2.31. The number of hydrogen-bond acceptors (Lipinski definition) is 6. The molecule has 1 N–H and O–H groups in total. The molecule has 0 atom stereocenters. The van der Waals surface area contributed by atoms with Gasteiger partial charge in [0, 0.05) is 17.1 Å². The second kappa shape index (κ2) is 6.13. The molecule has 1 aromatic carbocycles. The Hall–Kier alpha value is -1.19. The lowest BCUT2D eigenvalue weighted by molar-refractivity contribution is 0.603. The standard InChI is InChI=1S/C12H7Cl2N3O2S3/c13-8-4-2-1-3-7(8)10-15-12(21-16-10)17-22(18,19)11-9(14)5-6-20-11/h1-6H,(H,15,16,17). The van der Waals surface area contributed by atoms with Crippen molar-refractivity contribution in [3.63, 3.8) is 0 Å². The molecule has 2 heterocycles. The number of hydrogen-bond donors (Lipinski definition) is 1. The summed E-state index contributed by atoms with van der Waals surface area (Å²) in [7, 11) is -3.77. The molecule has 0 radical (unpaired) electrons. The Labute approximate surface area is 144 Å². The van der Waals surface area contributed by atoms with Crippen LogP contribution in [0.3, 0.4) is 0 Å². The SMILES string of the molecule is O=S(=O)(Nc1nc(-c2ccccc2Cl)ns1)c1sccc1Cl. The van der Waals surface area contributed by atoms with Gasteiger partial charge in [0.15, 0.2) is 10.0 Å². The van der Waals surface area contributed by atoms with Crippen LogP contribution in [0.4, 0.5) is 5.13 Å². The summed E-state index contributed by atoms with van der Waals surface area (Å²) in [5, 5.41) is 2.43. The second-order valence-electron chi connectivity index (χ2n) is 4.06. The normalized spacial score (nSPS) is 11.5. The summed E-state index contributed by atoms with van der Waals surface area (Å²) in [4.78, 5) is 4.16. The Kier molecular flexibility index (Phi) is 4.37. The number of nitrogens with zero attached hydrogens (tertiary/aromatic N) is 2. The van der Waals surface area contributed by atoms with Crippen molar-refractivity contribution >= 4 is 61.2 Å². The Balaban J connectivity index is 1.90. The smallest absolute Gasteiger partial charge is 0.253 e. The zero-order chi connectivity index (χ0) is 15.7. The fourth-order valence-corrected chi connectivity index (χ4v) is 5.36. The number of sulfonamides is 1. The van der Waals surface area contributed by atoms with Gasteiger partial charge in [-0.1, -0.05) is 35.3 Å². The summed E-state index contributed by atoms with van der Waals surface area (Å²) in [5.74, 6) is 0.366. The highest BCUT2D eigenvalue weighted by molar-refractivity contribution is 7.95. The van der Waals surface area contributed by atoms with Gasteiger partial charge in [-0.15, -0.1) is 11.3 Å². The lowest BCUT2D eigenvalue weighted by Crippen LogP contribution is -2.11. The maximum atomic E-state index is 12.2. The van der Waals surface area contributed by atoms with Crippen LogP contribution in [0.25, 0.3) is 11.4 Å². The van der Waals surface area contributed by atoms with Crippen LogP contribution < -0.4 is 4.72 Å². The summed E-state index contributed by atoms with van der Waals surface area (Å²) >= 11 is 13.9. The van der Waals surface area contributed by atoms with E-state index in [0.29, 0.717) is 16.4 Å². The zero-order valence-corrected chi connectivity index (χ0v) is 14.6. The Morgan fingerprint density at radius 3 is 2.55 bits per heavy atom. The van der Waals surface area contributed by atoms with Crippen LogP contribution in [0.1, 0.15) is 0 Å². The molecule has 2 aromatic heterocycles. The van der Waals surface area contributed by atoms with Crippen molar-refractivity contribution in [3.05, 3.63) is 45.8 Å². The van der Waals surface area contributed by atoms with Gasteiger partial charge < -0.3 is 0 Å². The largest absolute Gasteiger partial charge is 0.274 e. The molecular weight excluding hydrogens is 385 g/mol. The number of aromatic nitrogens is 2. The molecule has 0 spiro atoms. The van der Waals surface area contributed by atoms with E-state index < -0.39 is 10.0 Å². The molecule has 0 aliphatic heterocycles. The molecular formula is C12H7Cl2N3O2S3. The maximum absolute atomic E-state index is 12.2. The van der Waals surface area contributed by atoms with E-state index in [1.165, 1.54) is 6.07 Å². The summed E-state index contributed by atoms with van der Waals surface area (Å²) in [6.45, 7) is 0. The molecule has 0 fully saturated rings. The van der Waals surface area contributed by atoms with Crippen molar-refractivity contribution in [1.82, 2.24) is 9.36 Å². The molecule has 10 heteroatoms. The van der Waals surface area contributed by atoms with Gasteiger partial charge in [0.2, 0.25) is 5.13 Å². The Bertz CT molecular complexity index is 921. The number of thiophene rings is 1. The van der Waals surface area contributed by atoms with Gasteiger partial charge in [-0.3, -0.25) is 4.72 Å². The Morgan fingerprint density at radius 2 is 1.86 bits per heavy atom. The molecule has 5 nitrogen and oxygen atoms in total. The first kappa shape index (κ1) is 15.7. The van der Waals surface area contributed by atoms with E-state index in [1.54, 1.807) is 29.6 Å². The number of nitrogens with one attached hydrogen (secondary N) is 1. The van der Waals surface area contributed by atoms with Crippen molar-refractivity contribution in [1.29, 1.82) is 0 Å². The zero-order valence-electron chi connectivity index (χ0n) is 10.7. The number of anilines is 1. The van der Waals surface area contributed by atoms with Gasteiger partial charge in [0.1, 0.15) is 0 Å². The van der Waals surface area contributed by atoms with E-state index in [2.05, 4.69) is 14.1 Å². The third kappa shape index (κ3) is 3.11. The van der Waals surface area contributed by atoms with Crippen molar-refractivity contribution < 1.29 is 8.42 Å². The van der Waals surface area contributed by atoms with E-state index in [0.717, 1.165) is 22.9 Å². The average Bonchev–Trinajstić information content (AvgIpc) is 3.08. The highest BCUT2D eigenvalue weighted by atomic mass is 35.5. The second-order valence-corrected chi connectivity index (χ2v) is 8.42. The molecule has 0 saturated heterocycles. The average molecular weight is 392 g/mol. The summed E-state index contributed by atoms with van der Waals surface area (Å²) in [6, 6.07) is 8.60. The van der Waals surface area contributed by atoms with E-state index in [-0.39, 0.29) is 14.4 Å².